The summed E-state index contributed by atoms with van der Waals surface area (Å²) < 4.78 is 1.99. The van der Waals surface area contributed by atoms with Crippen LogP contribution in [0.15, 0.2) is 42.7 Å². The number of benzene rings is 1. The predicted octanol–water partition coefficient (Wildman–Crippen LogP) is 2.45. The second kappa shape index (κ2) is 4.82. The van der Waals surface area contributed by atoms with E-state index in [1.807, 2.05) is 23.9 Å². The van der Waals surface area contributed by atoms with E-state index in [4.69, 9.17) is 0 Å². The Balaban J connectivity index is 1.84. The SMILES string of the molecule is Cn1ccnc1CC(O)C1(c2ccccc2)CCC1. The molecule has 3 nitrogen and oxygen atoms in total. The van der Waals surface area contributed by atoms with Gasteiger partial charge in [-0.05, 0) is 18.4 Å². The van der Waals surface area contributed by atoms with Crippen LogP contribution in [0.2, 0.25) is 0 Å². The second-order valence-corrected chi connectivity index (χ2v) is 5.55. The first-order valence-corrected chi connectivity index (χ1v) is 6.92. The highest BCUT2D eigenvalue weighted by Crippen LogP contribution is 2.47. The molecule has 1 heterocycles. The Morgan fingerprint density at radius 2 is 2.05 bits per heavy atom. The summed E-state index contributed by atoms with van der Waals surface area (Å²) in [6, 6.07) is 10.4. The maximum atomic E-state index is 10.7. The number of imidazole rings is 1. The van der Waals surface area contributed by atoms with E-state index in [9.17, 15) is 5.11 Å². The third-order valence-electron chi connectivity index (χ3n) is 4.53. The van der Waals surface area contributed by atoms with Crippen molar-refractivity contribution >= 4 is 0 Å². The summed E-state index contributed by atoms with van der Waals surface area (Å²) in [7, 11) is 1.98. The zero-order valence-corrected chi connectivity index (χ0v) is 11.3. The van der Waals surface area contributed by atoms with Gasteiger partial charge in [0, 0.05) is 31.3 Å². The largest absolute Gasteiger partial charge is 0.392 e. The van der Waals surface area contributed by atoms with E-state index in [0.29, 0.717) is 6.42 Å². The van der Waals surface area contributed by atoms with Crippen LogP contribution in [0.1, 0.15) is 30.7 Å². The summed E-state index contributed by atoms with van der Waals surface area (Å²) >= 11 is 0. The molecule has 0 saturated heterocycles. The van der Waals surface area contributed by atoms with Gasteiger partial charge in [-0.25, -0.2) is 4.98 Å². The van der Waals surface area contributed by atoms with Gasteiger partial charge in [-0.15, -0.1) is 0 Å². The van der Waals surface area contributed by atoms with Crippen LogP contribution in [0.25, 0.3) is 0 Å². The molecule has 100 valence electrons. The van der Waals surface area contributed by atoms with Gasteiger partial charge in [0.15, 0.2) is 0 Å². The normalized spacial score (nSPS) is 18.8. The fraction of sp³-hybridized carbons (Fsp3) is 0.438. The molecule has 1 saturated carbocycles. The molecule has 1 aromatic carbocycles. The molecular formula is C16H20N2O. The summed E-state index contributed by atoms with van der Waals surface area (Å²) in [5.74, 6) is 0.953. The molecule has 1 atom stereocenters. The average molecular weight is 256 g/mol. The number of aliphatic hydroxyl groups is 1. The lowest BCUT2D eigenvalue weighted by Crippen LogP contribution is -2.46. The molecule has 0 aliphatic heterocycles. The first-order chi connectivity index (χ1) is 9.22. The van der Waals surface area contributed by atoms with E-state index in [1.54, 1.807) is 6.20 Å². The third kappa shape index (κ3) is 2.08. The maximum Gasteiger partial charge on any atom is 0.110 e. The summed E-state index contributed by atoms with van der Waals surface area (Å²) in [5, 5.41) is 10.7. The zero-order valence-electron chi connectivity index (χ0n) is 11.3. The molecule has 3 rings (SSSR count). The van der Waals surface area contributed by atoms with Crippen molar-refractivity contribution in [3.8, 4) is 0 Å². The van der Waals surface area contributed by atoms with Crippen molar-refractivity contribution in [2.75, 3.05) is 0 Å². The Labute approximate surface area is 113 Å². The summed E-state index contributed by atoms with van der Waals surface area (Å²) in [5.41, 5.74) is 1.20. The van der Waals surface area contributed by atoms with E-state index in [1.165, 1.54) is 12.0 Å². The van der Waals surface area contributed by atoms with Gasteiger partial charge in [-0.1, -0.05) is 36.8 Å². The Bertz CT molecular complexity index is 543. The topological polar surface area (TPSA) is 38.0 Å². The van der Waals surface area contributed by atoms with Crippen LogP contribution < -0.4 is 0 Å². The molecule has 1 aliphatic carbocycles. The van der Waals surface area contributed by atoms with Crippen LogP contribution in [-0.4, -0.2) is 20.8 Å². The molecule has 1 aromatic heterocycles. The van der Waals surface area contributed by atoms with E-state index >= 15 is 0 Å². The van der Waals surface area contributed by atoms with Gasteiger partial charge in [-0.2, -0.15) is 0 Å². The number of rotatable bonds is 4. The first-order valence-electron chi connectivity index (χ1n) is 6.92. The highest BCUT2D eigenvalue weighted by molar-refractivity contribution is 5.30. The zero-order chi connectivity index (χ0) is 13.3. The van der Waals surface area contributed by atoms with Gasteiger partial charge in [0.25, 0.3) is 0 Å². The summed E-state index contributed by atoms with van der Waals surface area (Å²) in [4.78, 5) is 4.32. The van der Waals surface area contributed by atoms with Crippen LogP contribution in [0, 0.1) is 0 Å². The second-order valence-electron chi connectivity index (χ2n) is 5.55. The lowest BCUT2D eigenvalue weighted by molar-refractivity contribution is 0.0268. The molecule has 0 radical (unpaired) electrons. The molecule has 0 amide bonds. The molecule has 1 unspecified atom stereocenters. The van der Waals surface area contributed by atoms with Gasteiger partial charge < -0.3 is 9.67 Å². The van der Waals surface area contributed by atoms with Gasteiger partial charge in [-0.3, -0.25) is 0 Å². The Morgan fingerprint density at radius 1 is 1.32 bits per heavy atom. The lowest BCUT2D eigenvalue weighted by atomic mass is 9.60. The molecule has 1 aliphatic rings. The monoisotopic (exact) mass is 256 g/mol. The quantitative estimate of drug-likeness (QED) is 0.912. The number of nitrogens with zero attached hydrogens (tertiary/aromatic N) is 2. The molecule has 19 heavy (non-hydrogen) atoms. The van der Waals surface area contributed by atoms with Crippen molar-refractivity contribution in [3.63, 3.8) is 0 Å². The van der Waals surface area contributed by atoms with Crippen molar-refractivity contribution in [3.05, 3.63) is 54.1 Å². The Kier molecular flexibility index (Phi) is 3.15. The van der Waals surface area contributed by atoms with Gasteiger partial charge in [0.1, 0.15) is 5.82 Å². The van der Waals surface area contributed by atoms with Gasteiger partial charge >= 0.3 is 0 Å². The van der Waals surface area contributed by atoms with Crippen LogP contribution in [0.4, 0.5) is 0 Å². The van der Waals surface area contributed by atoms with Gasteiger partial charge in [0.05, 0.1) is 6.10 Å². The first kappa shape index (κ1) is 12.4. The standard InChI is InChI=1S/C16H20N2O/c1-18-11-10-17-15(18)12-14(19)16(8-5-9-16)13-6-3-2-4-7-13/h2-4,6-7,10-11,14,19H,5,8-9,12H2,1H3. The molecular weight excluding hydrogens is 236 g/mol. The highest BCUT2D eigenvalue weighted by atomic mass is 16.3. The fourth-order valence-electron chi connectivity index (χ4n) is 3.10. The molecule has 1 fully saturated rings. The molecule has 0 spiro atoms. The summed E-state index contributed by atoms with van der Waals surface area (Å²) in [6.45, 7) is 0. The van der Waals surface area contributed by atoms with Crippen LogP contribution >= 0.6 is 0 Å². The number of aromatic nitrogens is 2. The Morgan fingerprint density at radius 3 is 2.58 bits per heavy atom. The van der Waals surface area contributed by atoms with Crippen molar-refractivity contribution < 1.29 is 5.11 Å². The van der Waals surface area contributed by atoms with E-state index in [2.05, 4.69) is 29.2 Å². The number of hydrogen-bond acceptors (Lipinski definition) is 2. The van der Waals surface area contributed by atoms with Crippen molar-refractivity contribution in [1.82, 2.24) is 9.55 Å². The number of aliphatic hydroxyl groups excluding tert-OH is 1. The van der Waals surface area contributed by atoms with E-state index in [0.717, 1.165) is 18.7 Å². The highest BCUT2D eigenvalue weighted by Gasteiger charge is 2.44. The fourth-order valence-corrected chi connectivity index (χ4v) is 3.10. The lowest BCUT2D eigenvalue weighted by Gasteiger charge is -2.46. The van der Waals surface area contributed by atoms with Crippen molar-refractivity contribution in [2.45, 2.75) is 37.2 Å². The van der Waals surface area contributed by atoms with Crippen LogP contribution in [0.3, 0.4) is 0 Å². The third-order valence-corrected chi connectivity index (χ3v) is 4.53. The number of aryl methyl sites for hydroxylation is 1. The summed E-state index contributed by atoms with van der Waals surface area (Å²) in [6.07, 6.45) is 7.33. The minimum absolute atomic E-state index is 0.0623. The van der Waals surface area contributed by atoms with Crippen LogP contribution in [0.5, 0.6) is 0 Å². The number of hydrogen-bond donors (Lipinski definition) is 1. The van der Waals surface area contributed by atoms with Crippen molar-refractivity contribution in [2.24, 2.45) is 7.05 Å². The minimum Gasteiger partial charge on any atom is -0.392 e. The van der Waals surface area contributed by atoms with E-state index in [-0.39, 0.29) is 11.5 Å². The molecule has 3 heteroatoms. The Hall–Kier alpha value is -1.61. The minimum atomic E-state index is -0.357. The van der Waals surface area contributed by atoms with Crippen LogP contribution in [-0.2, 0) is 18.9 Å². The smallest absolute Gasteiger partial charge is 0.110 e. The maximum absolute atomic E-state index is 10.7. The predicted molar refractivity (Wildman–Crippen MR) is 74.9 cm³/mol. The van der Waals surface area contributed by atoms with E-state index < -0.39 is 0 Å². The molecule has 2 aromatic rings. The average Bonchev–Trinajstić information content (AvgIpc) is 2.75. The van der Waals surface area contributed by atoms with Crippen molar-refractivity contribution in [1.29, 1.82) is 0 Å². The molecule has 1 N–H and O–H groups in total. The van der Waals surface area contributed by atoms with Gasteiger partial charge in [0.2, 0.25) is 0 Å². The molecule has 0 bridgehead atoms.